The van der Waals surface area contributed by atoms with Crippen molar-refractivity contribution in [1.29, 1.82) is 5.26 Å². The first-order valence-electron chi connectivity index (χ1n) is 8.37. The molecule has 5 heteroatoms. The van der Waals surface area contributed by atoms with Gasteiger partial charge in [0.1, 0.15) is 5.75 Å². The first-order valence-corrected chi connectivity index (χ1v) is 8.37. The fourth-order valence-electron chi connectivity index (χ4n) is 2.89. The molecule has 1 aliphatic carbocycles. The Morgan fingerprint density at radius 2 is 1.87 bits per heavy atom. The molecule has 3 rings (SSSR count). The molecule has 23 heavy (non-hydrogen) atoms. The standard InChI is InChI=1S/C18H23N3O2/c19-13-15-3-5-17(6-4-15)23-12-7-18(22)21-10-8-20(9-11-21)14-16-1-2-16/h3-6,16H,1-2,7-12,14H2. The Balaban J connectivity index is 1.35. The summed E-state index contributed by atoms with van der Waals surface area (Å²) in [7, 11) is 0. The highest BCUT2D eigenvalue weighted by Crippen LogP contribution is 2.29. The van der Waals surface area contributed by atoms with Crippen molar-refractivity contribution in [3.63, 3.8) is 0 Å². The molecule has 2 aliphatic rings. The predicted molar refractivity (Wildman–Crippen MR) is 87.0 cm³/mol. The van der Waals surface area contributed by atoms with Gasteiger partial charge in [0.05, 0.1) is 24.7 Å². The monoisotopic (exact) mass is 313 g/mol. The van der Waals surface area contributed by atoms with Gasteiger partial charge >= 0.3 is 0 Å². The molecule has 2 fully saturated rings. The number of hydrogen-bond donors (Lipinski definition) is 0. The van der Waals surface area contributed by atoms with E-state index in [2.05, 4.69) is 11.0 Å². The van der Waals surface area contributed by atoms with Crippen LogP contribution in [0.3, 0.4) is 0 Å². The number of rotatable bonds is 6. The van der Waals surface area contributed by atoms with Crippen molar-refractivity contribution in [2.45, 2.75) is 19.3 Å². The summed E-state index contributed by atoms with van der Waals surface area (Å²) in [6, 6.07) is 9.03. The average Bonchev–Trinajstić information content (AvgIpc) is 3.40. The van der Waals surface area contributed by atoms with E-state index in [1.54, 1.807) is 24.3 Å². The molecule has 1 aliphatic heterocycles. The SMILES string of the molecule is N#Cc1ccc(OCCC(=O)N2CCN(CC3CC3)CC2)cc1. The highest BCUT2D eigenvalue weighted by Gasteiger charge is 2.27. The first-order chi connectivity index (χ1) is 11.2. The molecule has 5 nitrogen and oxygen atoms in total. The molecular weight excluding hydrogens is 290 g/mol. The van der Waals surface area contributed by atoms with E-state index in [0.717, 1.165) is 32.1 Å². The number of amides is 1. The van der Waals surface area contributed by atoms with Crippen LogP contribution in [0.25, 0.3) is 0 Å². The van der Waals surface area contributed by atoms with Gasteiger partial charge in [-0.15, -0.1) is 0 Å². The third-order valence-corrected chi connectivity index (χ3v) is 4.51. The number of carbonyl (C=O) groups excluding carboxylic acids is 1. The van der Waals surface area contributed by atoms with Gasteiger partial charge in [-0.05, 0) is 43.0 Å². The van der Waals surface area contributed by atoms with Gasteiger partial charge in [-0.1, -0.05) is 0 Å². The van der Waals surface area contributed by atoms with Crippen molar-refractivity contribution in [3.8, 4) is 11.8 Å². The maximum absolute atomic E-state index is 12.2. The van der Waals surface area contributed by atoms with Crippen molar-refractivity contribution in [2.75, 3.05) is 39.3 Å². The second-order valence-electron chi connectivity index (χ2n) is 6.36. The van der Waals surface area contributed by atoms with Gasteiger partial charge in [-0.25, -0.2) is 0 Å². The highest BCUT2D eigenvalue weighted by molar-refractivity contribution is 5.76. The fraction of sp³-hybridized carbons (Fsp3) is 0.556. The summed E-state index contributed by atoms with van der Waals surface area (Å²) in [4.78, 5) is 16.6. The Morgan fingerprint density at radius 3 is 2.48 bits per heavy atom. The summed E-state index contributed by atoms with van der Waals surface area (Å²) >= 11 is 0. The molecule has 0 N–H and O–H groups in total. The van der Waals surface area contributed by atoms with Crippen molar-refractivity contribution < 1.29 is 9.53 Å². The molecule has 1 heterocycles. The van der Waals surface area contributed by atoms with Crippen LogP contribution in [-0.2, 0) is 4.79 Å². The van der Waals surface area contributed by atoms with Gasteiger partial charge in [-0.2, -0.15) is 5.26 Å². The number of piperazine rings is 1. The van der Waals surface area contributed by atoms with E-state index in [1.165, 1.54) is 19.4 Å². The lowest BCUT2D eigenvalue weighted by atomic mass is 10.2. The molecule has 1 aromatic rings. The van der Waals surface area contributed by atoms with Gasteiger partial charge in [0.2, 0.25) is 5.91 Å². The maximum atomic E-state index is 12.2. The molecule has 0 radical (unpaired) electrons. The van der Waals surface area contributed by atoms with Crippen LogP contribution in [0.15, 0.2) is 24.3 Å². The summed E-state index contributed by atoms with van der Waals surface area (Å²) in [6.45, 7) is 5.26. The number of nitrogens with zero attached hydrogens (tertiary/aromatic N) is 3. The molecule has 1 aromatic carbocycles. The third-order valence-electron chi connectivity index (χ3n) is 4.51. The number of benzene rings is 1. The second-order valence-corrected chi connectivity index (χ2v) is 6.36. The normalized spacial score (nSPS) is 18.5. The lowest BCUT2D eigenvalue weighted by Crippen LogP contribution is -2.49. The molecule has 0 unspecified atom stereocenters. The molecule has 0 bridgehead atoms. The Kier molecular flexibility index (Phi) is 5.14. The number of ether oxygens (including phenoxy) is 1. The van der Waals surface area contributed by atoms with Crippen LogP contribution in [0.1, 0.15) is 24.8 Å². The van der Waals surface area contributed by atoms with E-state index in [1.807, 2.05) is 4.90 Å². The smallest absolute Gasteiger partial charge is 0.226 e. The van der Waals surface area contributed by atoms with Gasteiger partial charge in [0.25, 0.3) is 0 Å². The quantitative estimate of drug-likeness (QED) is 0.804. The summed E-state index contributed by atoms with van der Waals surface area (Å²) in [6.07, 6.45) is 3.17. The van der Waals surface area contributed by atoms with E-state index < -0.39 is 0 Å². The molecule has 1 amide bonds. The molecule has 0 aromatic heterocycles. The first kappa shape index (κ1) is 15.8. The van der Waals surface area contributed by atoms with Crippen molar-refractivity contribution >= 4 is 5.91 Å². The molecular formula is C18H23N3O2. The molecule has 1 saturated carbocycles. The van der Waals surface area contributed by atoms with E-state index in [0.29, 0.717) is 24.3 Å². The summed E-state index contributed by atoms with van der Waals surface area (Å²) in [5.41, 5.74) is 0.609. The zero-order valence-electron chi connectivity index (χ0n) is 13.4. The summed E-state index contributed by atoms with van der Waals surface area (Å²) in [5, 5.41) is 8.75. The molecule has 0 atom stereocenters. The van der Waals surface area contributed by atoms with Crippen LogP contribution < -0.4 is 4.74 Å². The number of nitriles is 1. The molecule has 0 spiro atoms. The van der Waals surface area contributed by atoms with Crippen LogP contribution in [0.4, 0.5) is 0 Å². The molecule has 122 valence electrons. The van der Waals surface area contributed by atoms with Crippen LogP contribution in [-0.4, -0.2) is 55.0 Å². The van der Waals surface area contributed by atoms with Crippen molar-refractivity contribution in [2.24, 2.45) is 5.92 Å². The van der Waals surface area contributed by atoms with Crippen LogP contribution >= 0.6 is 0 Å². The second kappa shape index (κ2) is 7.47. The minimum atomic E-state index is 0.171. The van der Waals surface area contributed by atoms with Gasteiger partial charge in [0, 0.05) is 32.7 Å². The average molecular weight is 313 g/mol. The van der Waals surface area contributed by atoms with Gasteiger partial charge < -0.3 is 9.64 Å². The minimum Gasteiger partial charge on any atom is -0.493 e. The Bertz CT molecular complexity index is 567. The van der Waals surface area contributed by atoms with E-state index in [4.69, 9.17) is 10.00 Å². The summed E-state index contributed by atoms with van der Waals surface area (Å²) in [5.74, 6) is 1.79. The largest absolute Gasteiger partial charge is 0.493 e. The number of hydrogen-bond acceptors (Lipinski definition) is 4. The molecule has 1 saturated heterocycles. The predicted octanol–water partition coefficient (Wildman–Crippen LogP) is 1.88. The minimum absolute atomic E-state index is 0.171. The van der Waals surface area contributed by atoms with Crippen molar-refractivity contribution in [3.05, 3.63) is 29.8 Å². The van der Waals surface area contributed by atoms with Crippen LogP contribution in [0.2, 0.25) is 0 Å². The number of carbonyl (C=O) groups is 1. The van der Waals surface area contributed by atoms with E-state index >= 15 is 0 Å². The van der Waals surface area contributed by atoms with Gasteiger partial charge in [-0.3, -0.25) is 9.69 Å². The Labute approximate surface area is 137 Å². The van der Waals surface area contributed by atoms with Crippen LogP contribution in [0, 0.1) is 17.2 Å². The fourth-order valence-corrected chi connectivity index (χ4v) is 2.89. The Morgan fingerprint density at radius 1 is 1.17 bits per heavy atom. The zero-order valence-corrected chi connectivity index (χ0v) is 13.4. The third kappa shape index (κ3) is 4.70. The lowest BCUT2D eigenvalue weighted by Gasteiger charge is -2.34. The highest BCUT2D eigenvalue weighted by atomic mass is 16.5. The van der Waals surface area contributed by atoms with Crippen LogP contribution in [0.5, 0.6) is 5.75 Å². The lowest BCUT2D eigenvalue weighted by molar-refractivity contribution is -0.133. The maximum Gasteiger partial charge on any atom is 0.226 e. The zero-order chi connectivity index (χ0) is 16.1. The van der Waals surface area contributed by atoms with Crippen molar-refractivity contribution in [1.82, 2.24) is 9.80 Å². The van der Waals surface area contributed by atoms with E-state index in [9.17, 15) is 4.79 Å². The summed E-state index contributed by atoms with van der Waals surface area (Å²) < 4.78 is 5.58. The van der Waals surface area contributed by atoms with E-state index in [-0.39, 0.29) is 5.91 Å². The Hall–Kier alpha value is -2.06. The topological polar surface area (TPSA) is 56.6 Å². The van der Waals surface area contributed by atoms with Gasteiger partial charge in [0.15, 0.2) is 0 Å².